The van der Waals surface area contributed by atoms with Crippen LogP contribution in [-0.4, -0.2) is 195 Å². The molecule has 0 unspecified atom stereocenters. The number of hydrogen-bond donors (Lipinski definition) is 0. The summed E-state index contributed by atoms with van der Waals surface area (Å²) in [6.07, 6.45) is 0. The van der Waals surface area contributed by atoms with Crippen LogP contribution in [0.2, 0.25) is 0 Å². The number of hydrogen-bond acceptors (Lipinski definition) is 15. The van der Waals surface area contributed by atoms with Gasteiger partial charge in [-0.25, -0.2) is 0 Å². The zero-order valence-electron chi connectivity index (χ0n) is 11.2. The Hall–Kier alpha value is 2.42. The maximum absolute atomic E-state index is 8.52. The first-order valence-electron chi connectivity index (χ1n) is 3.06. The molecule has 0 spiro atoms. The van der Waals surface area contributed by atoms with Crippen LogP contribution in [0.15, 0.2) is 0 Å². The second kappa shape index (κ2) is 63.1. The van der Waals surface area contributed by atoms with Gasteiger partial charge in [-0.15, -0.1) is 0 Å². The van der Waals surface area contributed by atoms with Gasteiger partial charge in [-0.3, -0.25) is 0 Å². The van der Waals surface area contributed by atoms with E-state index in [1.165, 1.54) is 0 Å². The molecule has 0 fully saturated rings. The van der Waals surface area contributed by atoms with Crippen LogP contribution < -0.4 is 48.0 Å². The van der Waals surface area contributed by atoms with E-state index in [1.807, 2.05) is 0 Å². The van der Waals surface area contributed by atoms with Gasteiger partial charge in [-0.2, -0.15) is 0 Å². The minimum atomic E-state index is -3.63. The van der Waals surface area contributed by atoms with E-state index in [1.54, 1.807) is 0 Å². The van der Waals surface area contributed by atoms with Crippen LogP contribution in [0.5, 0.6) is 0 Å². The summed E-state index contributed by atoms with van der Waals surface area (Å²) >= 11 is 0. The molecular weight excluding hydrogens is 731 g/mol. The van der Waals surface area contributed by atoms with Crippen molar-refractivity contribution >= 4 is 195 Å². The Kier molecular flexibility index (Phi) is 171. The van der Waals surface area contributed by atoms with Crippen LogP contribution in [0.25, 0.3) is 0 Å². The van der Waals surface area contributed by atoms with E-state index < -0.39 is 45.9 Å². The van der Waals surface area contributed by atoms with Crippen LogP contribution >= 0.6 is 0 Å². The molecule has 0 aromatic carbocycles. The van der Waals surface area contributed by atoms with Gasteiger partial charge in [0.2, 0.25) is 0 Å². The minimum absolute atomic E-state index is 0. The molecule has 0 rings (SSSR count). The normalized spacial score (nSPS) is 4.62. The summed E-state index contributed by atoms with van der Waals surface area (Å²) in [6.45, 7) is 0. The molecule has 0 aliphatic rings. The van der Waals surface area contributed by atoms with Crippen molar-refractivity contribution < 1.29 is 70.3 Å². The van der Waals surface area contributed by atoms with Crippen LogP contribution in [0.4, 0.5) is 0 Å². The minimum Gasteiger partial charge on any atom is -0.672 e. The summed E-state index contributed by atoms with van der Waals surface area (Å²) in [5, 5.41) is 0. The Balaban J connectivity index is -0.0000000114. The fourth-order valence-electron chi connectivity index (χ4n) is 0. The van der Waals surface area contributed by atoms with Crippen molar-refractivity contribution in [1.29, 1.82) is 0 Å². The summed E-state index contributed by atoms with van der Waals surface area (Å²) < 4.78 is 42.6. The SMILES string of the molecule is B.B.O=[Si]([O-])[O-].O=[Si]([O-])[O-].O=[Si]([O-])[O-].O=[Si]([O-])[O-].O=[Si]([O-])[O-].[Al+3].[Al+3].[Ba+2].[Ba+2]. The number of rotatable bonds is 0. The van der Waals surface area contributed by atoms with Gasteiger partial charge in [-0.05, 0) is 0 Å². The summed E-state index contributed by atoms with van der Waals surface area (Å²) in [4.78, 5) is 85.2. The van der Waals surface area contributed by atoms with Crippen molar-refractivity contribution in [2.45, 2.75) is 0 Å². The average molecular weight is 737 g/mol. The second-order valence-electron chi connectivity index (χ2n) is 1.25. The molecule has 0 aliphatic heterocycles. The van der Waals surface area contributed by atoms with Gasteiger partial charge in [0.1, 0.15) is 0 Å². The Morgan fingerprint density at radius 2 is 0.346 bits per heavy atom. The van der Waals surface area contributed by atoms with Crippen LogP contribution in [-0.2, 0) is 22.3 Å². The Labute approximate surface area is 260 Å². The first-order valence-corrected chi connectivity index (χ1v) is 9.19. The van der Waals surface area contributed by atoms with E-state index in [4.69, 9.17) is 70.3 Å². The smallest absolute Gasteiger partial charge is 0.672 e. The molecule has 0 amide bonds. The molecule has 132 valence electrons. The second-order valence-corrected chi connectivity index (χ2v) is 3.75. The largest absolute Gasteiger partial charge is 3.00 e. The molecule has 0 aliphatic carbocycles. The summed E-state index contributed by atoms with van der Waals surface area (Å²) in [7, 11) is -18.1. The fourth-order valence-corrected chi connectivity index (χ4v) is 0. The van der Waals surface area contributed by atoms with Gasteiger partial charge in [0, 0.05) is 45.9 Å². The van der Waals surface area contributed by atoms with Crippen molar-refractivity contribution in [3.05, 3.63) is 0 Å². The van der Waals surface area contributed by atoms with Crippen molar-refractivity contribution in [3.63, 3.8) is 0 Å². The monoisotopic (exact) mass is 738 g/mol. The van der Waals surface area contributed by atoms with E-state index in [2.05, 4.69) is 0 Å². The van der Waals surface area contributed by atoms with Gasteiger partial charge >= 0.3 is 132 Å². The molecule has 0 saturated carbocycles. The third-order valence-corrected chi connectivity index (χ3v) is 0. The maximum Gasteiger partial charge on any atom is 3.00 e. The molecule has 0 bridgehead atoms. The van der Waals surface area contributed by atoms with E-state index in [0.29, 0.717) is 0 Å². The molecule has 0 saturated heterocycles. The van der Waals surface area contributed by atoms with E-state index in [9.17, 15) is 0 Å². The molecule has 0 aromatic rings. The van der Waals surface area contributed by atoms with Gasteiger partial charge in [0.25, 0.3) is 0 Å². The zero-order chi connectivity index (χ0) is 17.9. The van der Waals surface area contributed by atoms with E-state index in [0.717, 1.165) is 0 Å². The quantitative estimate of drug-likeness (QED) is 0.208. The molecule has 0 N–H and O–H groups in total. The van der Waals surface area contributed by atoms with E-state index in [-0.39, 0.29) is 149 Å². The zero-order valence-corrected chi connectivity index (χ0v) is 27.4. The maximum atomic E-state index is 8.52. The topological polar surface area (TPSA) is 316 Å². The third kappa shape index (κ3) is 2910. The van der Waals surface area contributed by atoms with Crippen molar-refractivity contribution in [3.8, 4) is 0 Å². The van der Waals surface area contributed by atoms with Gasteiger partial charge < -0.3 is 70.3 Å². The average Bonchev–Trinajstić information content (AvgIpc) is 1.94. The van der Waals surface area contributed by atoms with E-state index >= 15 is 0 Å². The first kappa shape index (κ1) is 70.4. The molecule has 0 heterocycles. The van der Waals surface area contributed by atoms with Gasteiger partial charge in [0.05, 0.1) is 16.8 Å². The predicted molar refractivity (Wildman–Crippen MR) is 75.1 cm³/mol. The molecule has 0 aromatic heterocycles. The molecular formula is H6Al2B2Ba2O15Si5. The molecule has 26 heteroatoms. The van der Waals surface area contributed by atoms with Crippen LogP contribution in [0.3, 0.4) is 0 Å². The summed E-state index contributed by atoms with van der Waals surface area (Å²) in [5.74, 6) is 0. The summed E-state index contributed by atoms with van der Waals surface area (Å²) in [6, 6.07) is 0. The van der Waals surface area contributed by atoms with Crippen molar-refractivity contribution in [2.75, 3.05) is 0 Å². The molecule has 15 nitrogen and oxygen atoms in total. The van der Waals surface area contributed by atoms with Crippen molar-refractivity contribution in [1.82, 2.24) is 0 Å². The first-order chi connectivity index (χ1) is 8.66. The third-order valence-electron chi connectivity index (χ3n) is 0. The van der Waals surface area contributed by atoms with Crippen LogP contribution in [0, 0.1) is 0 Å². The Morgan fingerprint density at radius 1 is 0.346 bits per heavy atom. The Morgan fingerprint density at radius 3 is 0.346 bits per heavy atom. The molecule has 0 radical (unpaired) electrons. The standard InChI is InChI=1S/2Al.2BH3.2Ba.5O3Si/c;;;;;;5*1-4(2)3/h;;2*1H3;;;;;;;/q2*+3;;;2*+2;5*-2. The summed E-state index contributed by atoms with van der Waals surface area (Å²) in [5.41, 5.74) is 0. The predicted octanol–water partition coefficient (Wildman–Crippen LogP) is -18.3. The van der Waals surface area contributed by atoms with Crippen LogP contribution in [0.1, 0.15) is 0 Å². The fraction of sp³-hybridized carbons (Fsp3) is 0. The van der Waals surface area contributed by atoms with Crippen molar-refractivity contribution in [2.24, 2.45) is 0 Å². The molecule has 0 atom stereocenters. The van der Waals surface area contributed by atoms with Gasteiger partial charge in [-0.1, -0.05) is 0 Å². The molecule has 26 heavy (non-hydrogen) atoms. The van der Waals surface area contributed by atoms with Gasteiger partial charge in [0.15, 0.2) is 0 Å². The Bertz CT molecular complexity index is 231.